The van der Waals surface area contributed by atoms with E-state index in [4.69, 9.17) is 14.1 Å². The fourth-order valence-corrected chi connectivity index (χ4v) is 4.66. The van der Waals surface area contributed by atoms with E-state index in [-0.39, 0.29) is 18.4 Å². The number of carbonyl (C=O) groups is 2. The van der Waals surface area contributed by atoms with E-state index >= 15 is 0 Å². The fourth-order valence-electron chi connectivity index (χ4n) is 4.66. The van der Waals surface area contributed by atoms with Crippen molar-refractivity contribution >= 4 is 11.9 Å². The number of furan rings is 1. The molecule has 1 aliphatic carbocycles. The molecule has 7 heteroatoms. The summed E-state index contributed by atoms with van der Waals surface area (Å²) in [6.45, 7) is 2.83. The lowest BCUT2D eigenvalue weighted by Gasteiger charge is -2.27. The highest BCUT2D eigenvalue weighted by molar-refractivity contribution is 5.90. The third-order valence-electron chi connectivity index (χ3n) is 6.28. The molecule has 29 heavy (non-hydrogen) atoms. The van der Waals surface area contributed by atoms with E-state index in [1.54, 1.807) is 13.0 Å². The number of aryl methyl sites for hydroxylation is 1. The number of nitrogens with zero attached hydrogens (tertiary/aromatic N) is 2. The summed E-state index contributed by atoms with van der Waals surface area (Å²) in [5.41, 5.74) is 1.56. The predicted octanol–water partition coefficient (Wildman–Crippen LogP) is 3.50. The van der Waals surface area contributed by atoms with Crippen molar-refractivity contribution in [3.05, 3.63) is 40.9 Å². The summed E-state index contributed by atoms with van der Waals surface area (Å²) in [5.74, 6) is 2.38. The molecule has 2 aromatic rings. The summed E-state index contributed by atoms with van der Waals surface area (Å²) in [4.78, 5) is 29.1. The van der Waals surface area contributed by atoms with Crippen LogP contribution in [0.25, 0.3) is 0 Å². The van der Waals surface area contributed by atoms with Crippen LogP contribution in [0.15, 0.2) is 16.7 Å². The number of aromatic nitrogens is 2. The Labute approximate surface area is 170 Å². The van der Waals surface area contributed by atoms with Crippen LogP contribution >= 0.6 is 0 Å². The van der Waals surface area contributed by atoms with E-state index < -0.39 is 5.97 Å². The minimum Gasteiger partial charge on any atom is -0.465 e. The zero-order valence-electron chi connectivity index (χ0n) is 17.2. The lowest BCUT2D eigenvalue weighted by atomic mass is 9.88. The summed E-state index contributed by atoms with van der Waals surface area (Å²) in [6, 6.07) is 1.63. The van der Waals surface area contributed by atoms with Crippen LogP contribution in [0.5, 0.6) is 0 Å². The minimum atomic E-state index is -0.432. The molecule has 4 rings (SSSR count). The highest BCUT2D eigenvalue weighted by Crippen LogP contribution is 2.34. The Kier molecular flexibility index (Phi) is 5.74. The van der Waals surface area contributed by atoms with Crippen LogP contribution in [0.1, 0.15) is 77.8 Å². The molecule has 1 N–H and O–H groups in total. The van der Waals surface area contributed by atoms with E-state index in [0.29, 0.717) is 23.0 Å². The van der Waals surface area contributed by atoms with E-state index in [1.807, 2.05) is 6.20 Å². The number of esters is 1. The molecule has 3 heterocycles. The van der Waals surface area contributed by atoms with Crippen LogP contribution in [-0.4, -0.2) is 28.5 Å². The van der Waals surface area contributed by atoms with Gasteiger partial charge in [-0.05, 0) is 32.3 Å². The number of hydrogen-bond donors (Lipinski definition) is 1. The van der Waals surface area contributed by atoms with Gasteiger partial charge in [-0.3, -0.25) is 4.79 Å². The number of nitrogens with one attached hydrogen (secondary N) is 1. The molecule has 0 bridgehead atoms. The smallest absolute Gasteiger partial charge is 0.341 e. The van der Waals surface area contributed by atoms with Crippen molar-refractivity contribution < 1.29 is 18.7 Å². The topological polar surface area (TPSA) is 86.4 Å². The Balaban J connectivity index is 1.35. The average Bonchev–Trinajstić information content (AvgIpc) is 3.34. The molecular formula is C22H29N3O4. The summed E-state index contributed by atoms with van der Waals surface area (Å²) in [5, 5.41) is 2.95. The maximum absolute atomic E-state index is 12.7. The molecule has 1 atom stereocenters. The van der Waals surface area contributed by atoms with Gasteiger partial charge in [-0.1, -0.05) is 19.3 Å². The van der Waals surface area contributed by atoms with Crippen molar-refractivity contribution in [1.82, 2.24) is 14.9 Å². The first kappa shape index (κ1) is 19.7. The molecular weight excluding hydrogens is 370 g/mol. The molecule has 1 amide bonds. The molecule has 7 nitrogen and oxygen atoms in total. The van der Waals surface area contributed by atoms with Gasteiger partial charge in [-0.25, -0.2) is 9.78 Å². The summed E-state index contributed by atoms with van der Waals surface area (Å²) in [6.07, 6.45) is 9.89. The molecule has 0 spiro atoms. The van der Waals surface area contributed by atoms with Crippen molar-refractivity contribution in [2.45, 2.75) is 70.9 Å². The normalized spacial score (nSPS) is 19.6. The lowest BCUT2D eigenvalue weighted by molar-refractivity contribution is -0.125. The van der Waals surface area contributed by atoms with Gasteiger partial charge in [0.1, 0.15) is 22.9 Å². The first-order chi connectivity index (χ1) is 14.1. The second kappa shape index (κ2) is 8.43. The van der Waals surface area contributed by atoms with Gasteiger partial charge in [0.05, 0.1) is 13.7 Å². The number of ether oxygens (including phenoxy) is 1. The van der Waals surface area contributed by atoms with Gasteiger partial charge in [0.15, 0.2) is 0 Å². The largest absolute Gasteiger partial charge is 0.465 e. The van der Waals surface area contributed by atoms with Gasteiger partial charge in [0.2, 0.25) is 5.91 Å². The number of amides is 1. The highest BCUT2D eigenvalue weighted by Gasteiger charge is 2.29. The molecule has 0 radical (unpaired) electrons. The number of methoxy groups -OCH3 is 1. The third-order valence-corrected chi connectivity index (χ3v) is 6.28. The molecule has 156 valence electrons. The molecule has 1 aliphatic heterocycles. The second-order valence-corrected chi connectivity index (χ2v) is 8.18. The minimum absolute atomic E-state index is 0.0188. The maximum Gasteiger partial charge on any atom is 0.341 e. The van der Waals surface area contributed by atoms with Crippen molar-refractivity contribution in [2.75, 3.05) is 7.11 Å². The van der Waals surface area contributed by atoms with Crippen LogP contribution in [0.4, 0.5) is 0 Å². The van der Waals surface area contributed by atoms with Gasteiger partial charge in [-0.15, -0.1) is 0 Å². The molecule has 1 fully saturated rings. The van der Waals surface area contributed by atoms with Crippen LogP contribution in [0, 0.1) is 12.8 Å². The van der Waals surface area contributed by atoms with E-state index in [1.165, 1.54) is 50.7 Å². The zero-order chi connectivity index (χ0) is 20.4. The van der Waals surface area contributed by atoms with Crippen molar-refractivity contribution in [3.63, 3.8) is 0 Å². The first-order valence-electron chi connectivity index (χ1n) is 10.6. The van der Waals surface area contributed by atoms with Gasteiger partial charge in [0, 0.05) is 36.7 Å². The number of rotatable bonds is 5. The van der Waals surface area contributed by atoms with E-state index in [9.17, 15) is 9.59 Å². The van der Waals surface area contributed by atoms with E-state index in [0.717, 1.165) is 19.4 Å². The number of imidazole rings is 1. The van der Waals surface area contributed by atoms with Crippen LogP contribution in [0.2, 0.25) is 0 Å². The Hall–Kier alpha value is -2.57. The monoisotopic (exact) mass is 399 g/mol. The molecule has 2 aliphatic rings. The van der Waals surface area contributed by atoms with E-state index in [2.05, 4.69) is 9.88 Å². The van der Waals surface area contributed by atoms with Crippen LogP contribution < -0.4 is 5.32 Å². The number of hydrogen-bond acceptors (Lipinski definition) is 5. The standard InChI is InChI=1S/C22H29N3O4/c1-14-19(22(27)28-2)11-18(29-14)13-24-21(26)16-8-9-25-17(10-16)12-23-20(25)15-6-4-3-5-7-15/h11-12,15-16H,3-10,13H2,1-2H3,(H,24,26). The predicted molar refractivity (Wildman–Crippen MR) is 106 cm³/mol. The Morgan fingerprint density at radius 2 is 2.07 bits per heavy atom. The van der Waals surface area contributed by atoms with Crippen molar-refractivity contribution in [1.29, 1.82) is 0 Å². The SMILES string of the molecule is COC(=O)c1cc(CNC(=O)C2CCn3c(cnc3C3CCCCC3)C2)oc1C. The van der Waals surface area contributed by atoms with Crippen molar-refractivity contribution in [3.8, 4) is 0 Å². The highest BCUT2D eigenvalue weighted by atomic mass is 16.5. The first-order valence-corrected chi connectivity index (χ1v) is 10.6. The molecule has 1 unspecified atom stereocenters. The Bertz CT molecular complexity index is 892. The summed E-state index contributed by atoms with van der Waals surface area (Å²) >= 11 is 0. The molecule has 2 aromatic heterocycles. The summed E-state index contributed by atoms with van der Waals surface area (Å²) in [7, 11) is 1.34. The molecule has 1 saturated carbocycles. The van der Waals surface area contributed by atoms with Gasteiger partial charge < -0.3 is 19.0 Å². The van der Waals surface area contributed by atoms with Crippen LogP contribution in [0.3, 0.4) is 0 Å². The molecule has 0 saturated heterocycles. The second-order valence-electron chi connectivity index (χ2n) is 8.18. The quantitative estimate of drug-likeness (QED) is 0.778. The Morgan fingerprint density at radius 1 is 1.28 bits per heavy atom. The third kappa shape index (κ3) is 4.09. The number of fused-ring (bicyclic) bond motifs is 1. The maximum atomic E-state index is 12.7. The fraction of sp³-hybridized carbons (Fsp3) is 0.591. The number of carbonyl (C=O) groups excluding carboxylic acids is 2. The zero-order valence-corrected chi connectivity index (χ0v) is 17.2. The Morgan fingerprint density at radius 3 is 2.83 bits per heavy atom. The summed E-state index contributed by atoms with van der Waals surface area (Å²) < 4.78 is 12.7. The average molecular weight is 399 g/mol. The van der Waals surface area contributed by atoms with Gasteiger partial charge >= 0.3 is 5.97 Å². The molecule has 0 aromatic carbocycles. The van der Waals surface area contributed by atoms with Crippen molar-refractivity contribution in [2.24, 2.45) is 5.92 Å². The lowest BCUT2D eigenvalue weighted by Crippen LogP contribution is -2.35. The van der Waals surface area contributed by atoms with Crippen LogP contribution in [-0.2, 0) is 29.0 Å². The van der Waals surface area contributed by atoms with Gasteiger partial charge in [-0.2, -0.15) is 0 Å². The van der Waals surface area contributed by atoms with Gasteiger partial charge in [0.25, 0.3) is 0 Å².